The molecule has 0 saturated heterocycles. The number of nitrogens with one attached hydrogen (secondary N) is 2. The van der Waals surface area contributed by atoms with Crippen molar-refractivity contribution in [2.24, 2.45) is 0 Å². The summed E-state index contributed by atoms with van der Waals surface area (Å²) >= 11 is 0. The van der Waals surface area contributed by atoms with Crippen molar-refractivity contribution in [1.29, 1.82) is 0 Å². The molecule has 3 aromatic rings. The molecule has 0 spiro atoms. The molecule has 1 heterocycles. The molecule has 2 N–H and O–H groups in total. The first kappa shape index (κ1) is 17.3. The predicted octanol–water partition coefficient (Wildman–Crippen LogP) is 2.50. The van der Waals surface area contributed by atoms with Gasteiger partial charge in [-0.25, -0.2) is 9.59 Å². The summed E-state index contributed by atoms with van der Waals surface area (Å²) in [5, 5.41) is 0. The van der Waals surface area contributed by atoms with Crippen LogP contribution in [0.3, 0.4) is 0 Å². The molecule has 0 unspecified atom stereocenters. The molecule has 0 fully saturated rings. The molecule has 7 nitrogen and oxygen atoms in total. The number of hydrogen-bond donors (Lipinski definition) is 2. The summed E-state index contributed by atoms with van der Waals surface area (Å²) in [6, 6.07) is 9.55. The molecule has 3 rings (SSSR count). The number of halogens is 2. The minimum Gasteiger partial charge on any atom is -0.454 e. The number of H-pyrrole nitrogens is 2. The number of ether oxygens (including phenoxy) is 2. The molecular formula is C17H12F2N2O5. The number of rotatable bonds is 6. The molecule has 0 aliphatic carbocycles. The Morgan fingerprint density at radius 2 is 1.77 bits per heavy atom. The molecule has 0 radical (unpaired) electrons. The third kappa shape index (κ3) is 3.94. The number of carbonyl (C=O) groups excluding carboxylic acids is 2. The summed E-state index contributed by atoms with van der Waals surface area (Å²) < 4.78 is 33.5. The van der Waals surface area contributed by atoms with Crippen molar-refractivity contribution in [3.05, 3.63) is 64.1 Å². The second-order valence-corrected chi connectivity index (χ2v) is 5.25. The molecule has 9 heteroatoms. The second kappa shape index (κ2) is 7.18. The minimum atomic E-state index is -3.02. The van der Waals surface area contributed by atoms with E-state index in [-0.39, 0.29) is 16.9 Å². The maximum atomic E-state index is 12.2. The van der Waals surface area contributed by atoms with Gasteiger partial charge in [0.15, 0.2) is 12.4 Å². The van der Waals surface area contributed by atoms with E-state index in [0.29, 0.717) is 11.0 Å². The van der Waals surface area contributed by atoms with E-state index in [2.05, 4.69) is 14.7 Å². The molecule has 0 aliphatic rings. The number of aromatic amines is 2. The first-order valence-electron chi connectivity index (χ1n) is 7.39. The van der Waals surface area contributed by atoms with Gasteiger partial charge in [0.1, 0.15) is 5.75 Å². The Labute approximate surface area is 144 Å². The van der Waals surface area contributed by atoms with Gasteiger partial charge in [0, 0.05) is 5.56 Å². The summed E-state index contributed by atoms with van der Waals surface area (Å²) in [7, 11) is 0. The van der Waals surface area contributed by atoms with Crippen molar-refractivity contribution in [3.63, 3.8) is 0 Å². The van der Waals surface area contributed by atoms with Crippen LogP contribution >= 0.6 is 0 Å². The van der Waals surface area contributed by atoms with Gasteiger partial charge < -0.3 is 19.4 Å². The highest BCUT2D eigenvalue weighted by atomic mass is 19.3. The Hall–Kier alpha value is -3.49. The van der Waals surface area contributed by atoms with Crippen LogP contribution < -0.4 is 10.4 Å². The van der Waals surface area contributed by atoms with Crippen molar-refractivity contribution in [1.82, 2.24) is 9.97 Å². The Bertz CT molecular complexity index is 1030. The van der Waals surface area contributed by atoms with Gasteiger partial charge in [0.25, 0.3) is 0 Å². The molecular weight excluding hydrogens is 350 g/mol. The van der Waals surface area contributed by atoms with Gasteiger partial charge in [-0.2, -0.15) is 8.78 Å². The number of Topliss-reactive ketones (excluding diaryl/α,β-unsaturated/α-hetero) is 1. The van der Waals surface area contributed by atoms with Gasteiger partial charge in [-0.1, -0.05) is 6.07 Å². The molecule has 2 aromatic carbocycles. The highest BCUT2D eigenvalue weighted by Gasteiger charge is 2.14. The van der Waals surface area contributed by atoms with E-state index in [4.69, 9.17) is 4.74 Å². The zero-order valence-electron chi connectivity index (χ0n) is 13.1. The van der Waals surface area contributed by atoms with Gasteiger partial charge in [-0.3, -0.25) is 4.79 Å². The maximum Gasteiger partial charge on any atom is 0.387 e. The van der Waals surface area contributed by atoms with E-state index in [1.165, 1.54) is 30.3 Å². The Balaban J connectivity index is 1.66. The van der Waals surface area contributed by atoms with Crippen LogP contribution in [0.2, 0.25) is 0 Å². The summed E-state index contributed by atoms with van der Waals surface area (Å²) in [6.07, 6.45) is 0. The monoisotopic (exact) mass is 362 g/mol. The molecule has 0 aliphatic heterocycles. The maximum absolute atomic E-state index is 12.2. The smallest absolute Gasteiger partial charge is 0.387 e. The SMILES string of the molecule is O=C(COC(=O)c1cccc(OC(F)F)c1)c1ccc2[nH]c(=O)[nH]c2c1. The highest BCUT2D eigenvalue weighted by Crippen LogP contribution is 2.17. The van der Waals surface area contributed by atoms with Gasteiger partial charge in [-0.05, 0) is 36.4 Å². The fourth-order valence-corrected chi connectivity index (χ4v) is 2.30. The van der Waals surface area contributed by atoms with E-state index in [1.54, 1.807) is 6.07 Å². The average Bonchev–Trinajstić information content (AvgIpc) is 2.98. The Morgan fingerprint density at radius 1 is 1.00 bits per heavy atom. The highest BCUT2D eigenvalue weighted by molar-refractivity contribution is 6.01. The number of aromatic nitrogens is 2. The number of benzene rings is 2. The lowest BCUT2D eigenvalue weighted by Crippen LogP contribution is -2.14. The van der Waals surface area contributed by atoms with Crippen LogP contribution in [0.5, 0.6) is 5.75 Å². The number of hydrogen-bond acceptors (Lipinski definition) is 5. The molecule has 0 amide bonds. The van der Waals surface area contributed by atoms with Crippen molar-refractivity contribution in [2.75, 3.05) is 6.61 Å². The number of fused-ring (bicyclic) bond motifs is 1. The van der Waals surface area contributed by atoms with Crippen LogP contribution in [0.15, 0.2) is 47.3 Å². The largest absolute Gasteiger partial charge is 0.454 e. The molecule has 0 atom stereocenters. The number of esters is 1. The van der Waals surface area contributed by atoms with Crippen LogP contribution in [0, 0.1) is 0 Å². The number of alkyl halides is 2. The number of carbonyl (C=O) groups is 2. The summed E-state index contributed by atoms with van der Waals surface area (Å²) in [5.74, 6) is -1.53. The van der Waals surface area contributed by atoms with Gasteiger partial charge in [0.2, 0.25) is 0 Å². The van der Waals surface area contributed by atoms with Crippen LogP contribution in [-0.4, -0.2) is 34.9 Å². The first-order chi connectivity index (χ1) is 12.4. The van der Waals surface area contributed by atoms with Crippen LogP contribution in [-0.2, 0) is 4.74 Å². The first-order valence-corrected chi connectivity index (χ1v) is 7.39. The van der Waals surface area contributed by atoms with Crippen LogP contribution in [0.1, 0.15) is 20.7 Å². The van der Waals surface area contributed by atoms with Crippen molar-refractivity contribution >= 4 is 22.8 Å². The number of imidazole rings is 1. The summed E-state index contributed by atoms with van der Waals surface area (Å²) in [5.41, 5.74) is 0.807. The van der Waals surface area contributed by atoms with Gasteiger partial charge in [0.05, 0.1) is 16.6 Å². The molecule has 0 bridgehead atoms. The van der Waals surface area contributed by atoms with E-state index in [1.807, 2.05) is 0 Å². The Kier molecular flexibility index (Phi) is 4.78. The third-order valence-electron chi connectivity index (χ3n) is 3.47. The average molecular weight is 362 g/mol. The van der Waals surface area contributed by atoms with Crippen molar-refractivity contribution in [2.45, 2.75) is 6.61 Å². The molecule has 1 aromatic heterocycles. The van der Waals surface area contributed by atoms with E-state index < -0.39 is 30.7 Å². The number of ketones is 1. The fraction of sp³-hybridized carbons (Fsp3) is 0.118. The molecule has 26 heavy (non-hydrogen) atoms. The van der Waals surface area contributed by atoms with E-state index >= 15 is 0 Å². The molecule has 0 saturated carbocycles. The van der Waals surface area contributed by atoms with Crippen molar-refractivity contribution in [3.8, 4) is 5.75 Å². The normalized spacial score (nSPS) is 10.9. The molecule has 134 valence electrons. The second-order valence-electron chi connectivity index (χ2n) is 5.25. The minimum absolute atomic E-state index is 0.0265. The topological polar surface area (TPSA) is 101 Å². The van der Waals surface area contributed by atoms with Gasteiger partial charge >= 0.3 is 18.3 Å². The fourth-order valence-electron chi connectivity index (χ4n) is 2.30. The van der Waals surface area contributed by atoms with Gasteiger partial charge in [-0.15, -0.1) is 0 Å². The zero-order chi connectivity index (χ0) is 18.7. The van der Waals surface area contributed by atoms with Crippen molar-refractivity contribution < 1.29 is 27.8 Å². The lowest BCUT2D eigenvalue weighted by atomic mass is 10.1. The predicted molar refractivity (Wildman–Crippen MR) is 86.6 cm³/mol. The summed E-state index contributed by atoms with van der Waals surface area (Å²) in [4.78, 5) is 40.4. The van der Waals surface area contributed by atoms with E-state index in [0.717, 1.165) is 6.07 Å². The van der Waals surface area contributed by atoms with Crippen LogP contribution in [0.4, 0.5) is 8.78 Å². The Morgan fingerprint density at radius 3 is 2.54 bits per heavy atom. The van der Waals surface area contributed by atoms with E-state index in [9.17, 15) is 23.2 Å². The third-order valence-corrected chi connectivity index (χ3v) is 3.47. The summed E-state index contributed by atoms with van der Waals surface area (Å²) in [6.45, 7) is -3.56. The quantitative estimate of drug-likeness (QED) is 0.518. The standard InChI is InChI=1S/C17H12F2N2O5/c18-16(19)26-11-3-1-2-10(6-11)15(23)25-8-14(22)9-4-5-12-13(7-9)21-17(24)20-12/h1-7,16H,8H2,(H2,20,21,24). The zero-order valence-corrected chi connectivity index (χ0v) is 13.1. The van der Waals surface area contributed by atoms with Crippen LogP contribution in [0.25, 0.3) is 11.0 Å². The lowest BCUT2D eigenvalue weighted by molar-refractivity contribution is -0.0499. The lowest BCUT2D eigenvalue weighted by Gasteiger charge is -2.07.